The van der Waals surface area contributed by atoms with E-state index in [0.717, 1.165) is 0 Å². The number of amides is 1. The number of benzene rings is 1. The Morgan fingerprint density at radius 2 is 2.00 bits per heavy atom. The Balaban J connectivity index is 2.57. The van der Waals surface area contributed by atoms with Crippen molar-refractivity contribution in [3.05, 3.63) is 35.4 Å². The third-order valence-electron chi connectivity index (χ3n) is 1.82. The van der Waals surface area contributed by atoms with Crippen LogP contribution in [0.1, 0.15) is 27.1 Å². The second-order valence-electron chi connectivity index (χ2n) is 2.89. The molecule has 1 amide bonds. The minimum atomic E-state index is -0.261. The topological polar surface area (TPSA) is 63.2 Å². The molecule has 0 aromatic heterocycles. The minimum Gasteiger partial charge on any atom is -0.352 e. The highest BCUT2D eigenvalue weighted by atomic mass is 16.1. The van der Waals surface area contributed by atoms with Gasteiger partial charge in [0.15, 0.2) is 6.29 Å². The maximum absolute atomic E-state index is 11.4. The zero-order valence-electron chi connectivity index (χ0n) is 8.03. The van der Waals surface area contributed by atoms with Crippen molar-refractivity contribution in [2.75, 3.05) is 6.54 Å². The third kappa shape index (κ3) is 3.34. The van der Waals surface area contributed by atoms with Crippen molar-refractivity contribution in [2.24, 2.45) is 0 Å². The Hall–Kier alpha value is -1.97. The lowest BCUT2D eigenvalue weighted by Crippen LogP contribution is -2.24. The Morgan fingerprint density at radius 3 is 2.53 bits per heavy atom. The molecule has 0 aliphatic rings. The molecule has 0 saturated heterocycles. The molecule has 0 fully saturated rings. The van der Waals surface area contributed by atoms with Crippen LogP contribution in [0, 0.1) is 0 Å². The fourth-order valence-corrected chi connectivity index (χ4v) is 1.04. The highest BCUT2D eigenvalue weighted by Crippen LogP contribution is 2.02. The van der Waals surface area contributed by atoms with E-state index in [1.165, 1.54) is 0 Å². The molecule has 1 N–H and O–H groups in total. The fraction of sp³-hybridized carbons (Fsp3) is 0.182. The Morgan fingerprint density at radius 1 is 1.33 bits per heavy atom. The van der Waals surface area contributed by atoms with Gasteiger partial charge in [-0.15, -0.1) is 0 Å². The predicted molar refractivity (Wildman–Crippen MR) is 54.5 cm³/mol. The van der Waals surface area contributed by atoms with Gasteiger partial charge < -0.3 is 5.32 Å². The summed E-state index contributed by atoms with van der Waals surface area (Å²) in [6.45, 7) is 0.276. The smallest absolute Gasteiger partial charge is 0.251 e. The van der Waals surface area contributed by atoms with Crippen LogP contribution in [-0.4, -0.2) is 25.0 Å². The normalized spacial score (nSPS) is 9.33. The molecule has 0 atom stereocenters. The number of carbonyl (C=O) groups is 2. The number of rotatable bonds is 5. The Bertz CT molecular complexity index is 357. The first kappa shape index (κ1) is 11.1. The van der Waals surface area contributed by atoms with E-state index in [-0.39, 0.29) is 18.9 Å². The SMILES string of the molecule is O=[C]CCNC(=O)c1ccc(C=O)cc1. The molecule has 1 radical (unpaired) electrons. The van der Waals surface area contributed by atoms with E-state index < -0.39 is 0 Å². The van der Waals surface area contributed by atoms with Crippen LogP contribution >= 0.6 is 0 Å². The van der Waals surface area contributed by atoms with E-state index in [1.807, 2.05) is 0 Å². The van der Waals surface area contributed by atoms with Crippen molar-refractivity contribution in [1.82, 2.24) is 5.32 Å². The molecule has 1 aromatic carbocycles. The molecule has 0 unspecified atom stereocenters. The fourth-order valence-electron chi connectivity index (χ4n) is 1.04. The first-order chi connectivity index (χ1) is 7.27. The number of carbonyl (C=O) groups excluding carboxylic acids is 3. The van der Waals surface area contributed by atoms with E-state index >= 15 is 0 Å². The third-order valence-corrected chi connectivity index (χ3v) is 1.82. The summed E-state index contributed by atoms with van der Waals surface area (Å²) < 4.78 is 0. The van der Waals surface area contributed by atoms with Gasteiger partial charge in [-0.25, -0.2) is 0 Å². The lowest BCUT2D eigenvalue weighted by Gasteiger charge is -2.02. The molecule has 15 heavy (non-hydrogen) atoms. The molecule has 0 aliphatic carbocycles. The summed E-state index contributed by atoms with van der Waals surface area (Å²) in [5.41, 5.74) is 0.985. The van der Waals surface area contributed by atoms with Gasteiger partial charge in [0.25, 0.3) is 5.91 Å². The summed E-state index contributed by atoms with van der Waals surface area (Å²) in [5, 5.41) is 2.55. The number of hydrogen-bond acceptors (Lipinski definition) is 3. The van der Waals surface area contributed by atoms with Crippen LogP contribution in [0.15, 0.2) is 24.3 Å². The molecule has 4 nitrogen and oxygen atoms in total. The second kappa shape index (κ2) is 5.70. The summed E-state index contributed by atoms with van der Waals surface area (Å²) in [6, 6.07) is 6.24. The van der Waals surface area contributed by atoms with Crippen molar-refractivity contribution in [3.8, 4) is 0 Å². The minimum absolute atomic E-state index is 0.179. The highest BCUT2D eigenvalue weighted by molar-refractivity contribution is 5.94. The summed E-state index contributed by atoms with van der Waals surface area (Å²) >= 11 is 0. The van der Waals surface area contributed by atoms with Gasteiger partial charge in [-0.05, 0) is 12.1 Å². The molecule has 0 saturated carbocycles. The van der Waals surface area contributed by atoms with Crippen LogP contribution in [-0.2, 0) is 4.79 Å². The van der Waals surface area contributed by atoms with Crippen molar-refractivity contribution >= 4 is 18.5 Å². The molecule has 0 spiro atoms. The molecular formula is C11H10NO3. The first-order valence-corrected chi connectivity index (χ1v) is 4.46. The molecule has 0 bridgehead atoms. The molecule has 1 aromatic rings. The largest absolute Gasteiger partial charge is 0.352 e. The summed E-state index contributed by atoms with van der Waals surface area (Å²) in [4.78, 5) is 31.6. The van der Waals surface area contributed by atoms with Crippen LogP contribution in [0.5, 0.6) is 0 Å². The standard InChI is InChI=1S/C11H10NO3/c13-7-1-6-12-11(15)10-4-2-9(8-14)3-5-10/h2-5,8H,1,6H2,(H,12,15). The van der Waals surface area contributed by atoms with Gasteiger partial charge in [-0.3, -0.25) is 14.4 Å². The Kier molecular flexibility index (Phi) is 4.22. The van der Waals surface area contributed by atoms with E-state index in [0.29, 0.717) is 17.4 Å². The maximum Gasteiger partial charge on any atom is 0.251 e. The van der Waals surface area contributed by atoms with Gasteiger partial charge >= 0.3 is 0 Å². The van der Waals surface area contributed by atoms with Crippen molar-refractivity contribution in [2.45, 2.75) is 6.42 Å². The second-order valence-corrected chi connectivity index (χ2v) is 2.89. The zero-order valence-corrected chi connectivity index (χ0v) is 8.03. The highest BCUT2D eigenvalue weighted by Gasteiger charge is 2.03. The van der Waals surface area contributed by atoms with Gasteiger partial charge in [0, 0.05) is 24.1 Å². The van der Waals surface area contributed by atoms with E-state index in [9.17, 15) is 14.4 Å². The summed E-state index contributed by atoms with van der Waals surface area (Å²) in [7, 11) is 0. The van der Waals surface area contributed by atoms with Gasteiger partial charge in [-0.1, -0.05) is 12.1 Å². The lowest BCUT2D eigenvalue weighted by molar-refractivity contribution is 0.0954. The first-order valence-electron chi connectivity index (χ1n) is 4.46. The van der Waals surface area contributed by atoms with Gasteiger partial charge in [-0.2, -0.15) is 0 Å². The average Bonchev–Trinajstić information content (AvgIpc) is 2.29. The molecule has 77 valence electrons. The Labute approximate surface area is 87.3 Å². The zero-order chi connectivity index (χ0) is 11.1. The maximum atomic E-state index is 11.4. The molecule has 0 aliphatic heterocycles. The van der Waals surface area contributed by atoms with Crippen molar-refractivity contribution in [1.29, 1.82) is 0 Å². The molecule has 1 rings (SSSR count). The quantitative estimate of drug-likeness (QED) is 0.568. The van der Waals surface area contributed by atoms with Crippen LogP contribution in [0.4, 0.5) is 0 Å². The molecular weight excluding hydrogens is 194 g/mol. The van der Waals surface area contributed by atoms with E-state index in [4.69, 9.17) is 0 Å². The van der Waals surface area contributed by atoms with Crippen molar-refractivity contribution in [3.63, 3.8) is 0 Å². The van der Waals surface area contributed by atoms with Crippen LogP contribution in [0.25, 0.3) is 0 Å². The van der Waals surface area contributed by atoms with E-state index in [2.05, 4.69) is 5.32 Å². The van der Waals surface area contributed by atoms with Crippen LogP contribution in [0.2, 0.25) is 0 Å². The van der Waals surface area contributed by atoms with Crippen LogP contribution in [0.3, 0.4) is 0 Å². The summed E-state index contributed by atoms with van der Waals surface area (Å²) in [6.07, 6.45) is 2.57. The average molecular weight is 204 g/mol. The van der Waals surface area contributed by atoms with Crippen LogP contribution < -0.4 is 5.32 Å². The lowest BCUT2D eigenvalue weighted by atomic mass is 10.1. The number of aldehydes is 1. The molecule has 4 heteroatoms. The number of hydrogen-bond donors (Lipinski definition) is 1. The number of nitrogens with one attached hydrogen (secondary N) is 1. The summed E-state index contributed by atoms with van der Waals surface area (Å²) in [5.74, 6) is -0.261. The van der Waals surface area contributed by atoms with Gasteiger partial charge in [0.05, 0.1) is 0 Å². The molecule has 0 heterocycles. The monoisotopic (exact) mass is 204 g/mol. The van der Waals surface area contributed by atoms with Gasteiger partial charge in [0.2, 0.25) is 0 Å². The van der Waals surface area contributed by atoms with Crippen molar-refractivity contribution < 1.29 is 14.4 Å². The van der Waals surface area contributed by atoms with Gasteiger partial charge in [0.1, 0.15) is 6.29 Å². The predicted octanol–water partition coefficient (Wildman–Crippen LogP) is 0.729. The van der Waals surface area contributed by atoms with E-state index in [1.54, 1.807) is 30.6 Å².